The molecule has 9 nitrogen and oxygen atoms in total. The van der Waals surface area contributed by atoms with E-state index in [1.165, 1.54) is 18.3 Å². The number of aliphatic hydroxyl groups is 1. The Kier molecular flexibility index (Phi) is 6.74. The molecule has 1 aliphatic rings. The van der Waals surface area contributed by atoms with Crippen molar-refractivity contribution in [1.82, 2.24) is 4.31 Å². The molecule has 0 aromatic carbocycles. The normalized spacial score (nSPS) is 16.5. The van der Waals surface area contributed by atoms with E-state index in [1.807, 2.05) is 0 Å². The molecule has 0 unspecified atom stereocenters. The van der Waals surface area contributed by atoms with Gasteiger partial charge in [0.15, 0.2) is 4.21 Å². The molecule has 0 aliphatic carbocycles. The van der Waals surface area contributed by atoms with E-state index in [0.717, 1.165) is 23.3 Å². The first-order chi connectivity index (χ1) is 12.3. The molecule has 11 heteroatoms. The average Bonchev–Trinajstić information content (AvgIpc) is 2.99. The number of esters is 2. The van der Waals surface area contributed by atoms with E-state index in [1.54, 1.807) is 0 Å². The van der Waals surface area contributed by atoms with Crippen LogP contribution in [0.1, 0.15) is 25.6 Å². The Balaban J connectivity index is 2.42. The summed E-state index contributed by atoms with van der Waals surface area (Å²) in [6, 6.07) is 0. The quantitative estimate of drug-likeness (QED) is 0.552. The van der Waals surface area contributed by atoms with Crippen LogP contribution in [0.2, 0.25) is 0 Å². The Morgan fingerprint density at radius 3 is 2.27 bits per heavy atom. The molecule has 0 radical (unpaired) electrons. The number of sulfonamides is 1. The summed E-state index contributed by atoms with van der Waals surface area (Å²) in [4.78, 5) is 25.3. The van der Waals surface area contributed by atoms with E-state index in [4.69, 9.17) is 9.84 Å². The highest BCUT2D eigenvalue weighted by atomic mass is 32.2. The summed E-state index contributed by atoms with van der Waals surface area (Å²) >= 11 is 0.722. The van der Waals surface area contributed by atoms with Crippen molar-refractivity contribution >= 4 is 33.3 Å². The third-order valence-corrected chi connectivity index (χ3v) is 8.01. The summed E-state index contributed by atoms with van der Waals surface area (Å²) in [5.41, 5.74) is 0.111. The van der Waals surface area contributed by atoms with Crippen LogP contribution in [0, 0.1) is 6.92 Å². The van der Waals surface area contributed by atoms with Crippen LogP contribution in [-0.4, -0.2) is 83.3 Å². The van der Waals surface area contributed by atoms with Gasteiger partial charge in [-0.25, -0.2) is 18.0 Å². The lowest BCUT2D eigenvalue weighted by Gasteiger charge is -2.30. The second-order valence-corrected chi connectivity index (χ2v) is 8.98. The molecule has 2 rings (SSSR count). The van der Waals surface area contributed by atoms with Crippen LogP contribution in [-0.2, 0) is 19.5 Å². The first-order valence-corrected chi connectivity index (χ1v) is 10.3. The summed E-state index contributed by atoms with van der Waals surface area (Å²) in [6.07, 6.45) is 0. The zero-order chi connectivity index (χ0) is 19.5. The molecule has 0 spiro atoms. The van der Waals surface area contributed by atoms with E-state index in [2.05, 4.69) is 4.74 Å². The fraction of sp³-hybridized carbons (Fsp3) is 0.600. The van der Waals surface area contributed by atoms with Gasteiger partial charge in [0.25, 0.3) is 10.0 Å². The van der Waals surface area contributed by atoms with Gasteiger partial charge in [0.2, 0.25) is 0 Å². The number of thiophene rings is 1. The molecular weight excluding hydrogens is 384 g/mol. The Morgan fingerprint density at radius 1 is 1.19 bits per heavy atom. The number of rotatable bonds is 6. The first-order valence-electron chi connectivity index (χ1n) is 8.02. The van der Waals surface area contributed by atoms with E-state index in [9.17, 15) is 18.0 Å². The standard InChI is InChI=1S/C15H22N2O7S2/c1-10-11(13(19)23-2)15(25-12(10)14(20)24-3)26(21,22)17-6-4-16(5-7-17)8-9-18/h18H,4-9H2,1-3H3/p+1. The number of hydrogen-bond acceptors (Lipinski definition) is 8. The minimum Gasteiger partial charge on any atom is -0.465 e. The lowest BCUT2D eigenvalue weighted by molar-refractivity contribution is -0.904. The van der Waals surface area contributed by atoms with E-state index < -0.39 is 22.0 Å². The van der Waals surface area contributed by atoms with Crippen molar-refractivity contribution in [2.45, 2.75) is 11.1 Å². The number of ether oxygens (including phenoxy) is 2. The van der Waals surface area contributed by atoms with Crippen LogP contribution in [0.5, 0.6) is 0 Å². The number of hydrogen-bond donors (Lipinski definition) is 2. The van der Waals surface area contributed by atoms with E-state index in [0.29, 0.717) is 19.6 Å². The highest BCUT2D eigenvalue weighted by Gasteiger charge is 2.38. The number of carbonyl (C=O) groups is 2. The molecule has 26 heavy (non-hydrogen) atoms. The van der Waals surface area contributed by atoms with Gasteiger partial charge in [-0.15, -0.1) is 11.3 Å². The lowest BCUT2D eigenvalue weighted by atomic mass is 10.2. The number of aliphatic hydroxyl groups excluding tert-OH is 1. The SMILES string of the molecule is COC(=O)c1sc(S(=O)(=O)N2CC[NH+](CCO)CC2)c(C(=O)OC)c1C. The lowest BCUT2D eigenvalue weighted by Crippen LogP contribution is -3.15. The summed E-state index contributed by atoms with van der Waals surface area (Å²) in [5.74, 6) is -1.51. The van der Waals surface area contributed by atoms with E-state index in [-0.39, 0.29) is 39.9 Å². The van der Waals surface area contributed by atoms with Gasteiger partial charge in [-0.3, -0.25) is 0 Å². The molecule has 0 atom stereocenters. The van der Waals surface area contributed by atoms with Crippen molar-refractivity contribution in [2.75, 3.05) is 53.6 Å². The summed E-state index contributed by atoms with van der Waals surface area (Å²) in [6.45, 7) is 3.75. The molecule has 146 valence electrons. The molecule has 1 fully saturated rings. The van der Waals surface area contributed by atoms with Gasteiger partial charge in [-0.1, -0.05) is 0 Å². The summed E-state index contributed by atoms with van der Waals surface area (Å²) in [5, 5.41) is 9.01. The summed E-state index contributed by atoms with van der Waals surface area (Å²) < 4.78 is 36.7. The Bertz CT molecular complexity index is 780. The molecule has 1 aliphatic heterocycles. The molecule has 2 heterocycles. The molecule has 0 bridgehead atoms. The zero-order valence-corrected chi connectivity index (χ0v) is 16.5. The van der Waals surface area contributed by atoms with Gasteiger partial charge in [0.1, 0.15) is 11.4 Å². The Morgan fingerprint density at radius 2 is 1.77 bits per heavy atom. The van der Waals surface area contributed by atoms with Crippen molar-refractivity contribution in [1.29, 1.82) is 0 Å². The van der Waals surface area contributed by atoms with Crippen LogP contribution < -0.4 is 4.90 Å². The van der Waals surface area contributed by atoms with E-state index >= 15 is 0 Å². The maximum atomic E-state index is 13.1. The first kappa shape index (κ1) is 20.8. The predicted molar refractivity (Wildman–Crippen MR) is 93.1 cm³/mol. The number of nitrogens with zero attached hydrogens (tertiary/aromatic N) is 1. The van der Waals surface area contributed by atoms with Crippen LogP contribution in [0.15, 0.2) is 4.21 Å². The average molecular weight is 407 g/mol. The van der Waals surface area contributed by atoms with Crippen molar-refractivity contribution in [2.24, 2.45) is 0 Å². The number of carbonyl (C=O) groups excluding carboxylic acids is 2. The van der Waals surface area contributed by atoms with Gasteiger partial charge in [-0.05, 0) is 12.5 Å². The smallest absolute Gasteiger partial charge is 0.348 e. The second kappa shape index (κ2) is 8.44. The molecule has 1 aromatic heterocycles. The minimum absolute atomic E-state index is 0.0428. The summed E-state index contributed by atoms with van der Waals surface area (Å²) in [7, 11) is -1.61. The van der Waals surface area contributed by atoms with Gasteiger partial charge < -0.3 is 19.5 Å². The second-order valence-electron chi connectivity index (χ2n) is 5.83. The Labute approximate surface area is 156 Å². The molecular formula is C15H23N2O7S2+. The van der Waals surface area contributed by atoms with Crippen LogP contribution in [0.4, 0.5) is 0 Å². The number of piperazine rings is 1. The highest BCUT2D eigenvalue weighted by Crippen LogP contribution is 2.35. The van der Waals surface area contributed by atoms with Crippen LogP contribution in [0.3, 0.4) is 0 Å². The highest BCUT2D eigenvalue weighted by molar-refractivity contribution is 7.91. The monoisotopic (exact) mass is 407 g/mol. The predicted octanol–water partition coefficient (Wildman–Crippen LogP) is -1.49. The van der Waals surface area contributed by atoms with Crippen LogP contribution in [0.25, 0.3) is 0 Å². The zero-order valence-electron chi connectivity index (χ0n) is 14.9. The van der Waals surface area contributed by atoms with Crippen LogP contribution >= 0.6 is 11.3 Å². The largest absolute Gasteiger partial charge is 0.465 e. The number of nitrogens with one attached hydrogen (secondary N) is 1. The van der Waals surface area contributed by atoms with Crippen molar-refractivity contribution in [3.8, 4) is 0 Å². The van der Waals surface area contributed by atoms with Gasteiger partial charge >= 0.3 is 11.9 Å². The molecule has 0 amide bonds. The molecule has 0 saturated carbocycles. The van der Waals surface area contributed by atoms with Gasteiger partial charge in [0, 0.05) is 0 Å². The third-order valence-electron chi connectivity index (χ3n) is 4.34. The molecule has 1 saturated heterocycles. The molecule has 2 N–H and O–H groups in total. The van der Waals surface area contributed by atoms with Gasteiger partial charge in [-0.2, -0.15) is 4.31 Å². The number of methoxy groups -OCH3 is 2. The Hall–Kier alpha value is -1.53. The van der Waals surface area contributed by atoms with Crippen molar-refractivity contribution in [3.63, 3.8) is 0 Å². The third kappa shape index (κ3) is 3.91. The number of quaternary nitrogens is 1. The minimum atomic E-state index is -3.96. The maximum absolute atomic E-state index is 13.1. The van der Waals surface area contributed by atoms with Gasteiger partial charge in [0.05, 0.1) is 52.6 Å². The fourth-order valence-corrected chi connectivity index (χ4v) is 6.19. The fourth-order valence-electron chi connectivity index (χ4n) is 2.86. The molecule has 1 aromatic rings. The van der Waals surface area contributed by atoms with Crippen molar-refractivity contribution in [3.05, 3.63) is 16.0 Å². The van der Waals surface area contributed by atoms with Crippen molar-refractivity contribution < 1.29 is 37.5 Å². The maximum Gasteiger partial charge on any atom is 0.348 e. The topological polar surface area (TPSA) is 115 Å².